The molecule has 2 rings (SSSR count). The maximum absolute atomic E-state index is 11.9. The lowest BCUT2D eigenvalue weighted by Crippen LogP contribution is -2.25. The van der Waals surface area contributed by atoms with Crippen molar-refractivity contribution < 1.29 is 19.5 Å². The molecule has 0 spiro atoms. The first-order valence-corrected chi connectivity index (χ1v) is 6.49. The molecule has 1 aromatic rings. The molecule has 2 amide bonds. The first kappa shape index (κ1) is 14.0. The van der Waals surface area contributed by atoms with E-state index in [1.165, 1.54) is 0 Å². The number of carbonyl (C=O) groups is 3. The van der Waals surface area contributed by atoms with E-state index in [0.29, 0.717) is 31.4 Å². The predicted molar refractivity (Wildman–Crippen MR) is 72.6 cm³/mol. The van der Waals surface area contributed by atoms with Gasteiger partial charge in [-0.1, -0.05) is 0 Å². The molecule has 0 saturated heterocycles. The van der Waals surface area contributed by atoms with Gasteiger partial charge >= 0.3 is 5.97 Å². The largest absolute Gasteiger partial charge is 0.481 e. The highest BCUT2D eigenvalue weighted by Crippen LogP contribution is 2.23. The molecule has 0 aromatic heterocycles. The number of hydrogen-bond donors (Lipinski definition) is 3. The first-order valence-electron chi connectivity index (χ1n) is 6.49. The van der Waals surface area contributed by atoms with Crippen LogP contribution >= 0.6 is 0 Å². The number of aliphatic carboxylic acids is 1. The van der Waals surface area contributed by atoms with Crippen molar-refractivity contribution in [3.05, 3.63) is 29.3 Å². The van der Waals surface area contributed by atoms with Crippen molar-refractivity contribution >= 4 is 23.5 Å². The molecule has 0 fully saturated rings. The standard InChI is InChI=1S/C14H16N2O4/c17-12-6-4-9-8-10(3-5-11(9)16-12)14(20)15-7-1-2-13(18)19/h3,5,8H,1-2,4,6-7H2,(H,15,20)(H,16,17)(H,18,19). The van der Waals surface area contributed by atoms with Gasteiger partial charge in [0.25, 0.3) is 5.91 Å². The van der Waals surface area contributed by atoms with Crippen LogP contribution in [-0.2, 0) is 16.0 Å². The van der Waals surface area contributed by atoms with Gasteiger partial charge in [0.2, 0.25) is 5.91 Å². The SMILES string of the molecule is O=C(O)CCCNC(=O)c1ccc2c(c1)CCC(=O)N2. The summed E-state index contributed by atoms with van der Waals surface area (Å²) in [7, 11) is 0. The Morgan fingerprint density at radius 2 is 2.10 bits per heavy atom. The lowest BCUT2D eigenvalue weighted by Gasteiger charge is -2.17. The molecule has 20 heavy (non-hydrogen) atoms. The van der Waals surface area contributed by atoms with Crippen LogP contribution < -0.4 is 10.6 Å². The van der Waals surface area contributed by atoms with Crippen LogP contribution in [0.25, 0.3) is 0 Å². The number of amides is 2. The van der Waals surface area contributed by atoms with Gasteiger partial charge in [-0.15, -0.1) is 0 Å². The Hall–Kier alpha value is -2.37. The molecule has 106 valence electrons. The summed E-state index contributed by atoms with van der Waals surface area (Å²) in [5.74, 6) is -1.11. The van der Waals surface area contributed by atoms with Crippen LogP contribution in [0.15, 0.2) is 18.2 Å². The number of rotatable bonds is 5. The third-order valence-electron chi connectivity index (χ3n) is 3.12. The predicted octanol–water partition coefficient (Wildman–Crippen LogP) is 1.17. The second-order valence-electron chi connectivity index (χ2n) is 4.67. The van der Waals surface area contributed by atoms with Gasteiger partial charge in [-0.05, 0) is 36.6 Å². The summed E-state index contributed by atoms with van der Waals surface area (Å²) in [5.41, 5.74) is 2.22. The van der Waals surface area contributed by atoms with Crippen molar-refractivity contribution in [3.8, 4) is 0 Å². The molecule has 6 nitrogen and oxygen atoms in total. The number of benzene rings is 1. The first-order chi connectivity index (χ1) is 9.56. The highest BCUT2D eigenvalue weighted by atomic mass is 16.4. The van der Waals surface area contributed by atoms with Gasteiger partial charge in [0.15, 0.2) is 0 Å². The maximum atomic E-state index is 11.9. The van der Waals surface area contributed by atoms with Gasteiger partial charge < -0.3 is 15.7 Å². The Kier molecular flexibility index (Phi) is 4.34. The summed E-state index contributed by atoms with van der Waals surface area (Å²) in [6, 6.07) is 5.14. The van der Waals surface area contributed by atoms with Gasteiger partial charge in [0, 0.05) is 30.6 Å². The molecule has 0 aliphatic carbocycles. The summed E-state index contributed by atoms with van der Waals surface area (Å²) in [4.78, 5) is 33.5. The van der Waals surface area contributed by atoms with Crippen molar-refractivity contribution in [3.63, 3.8) is 0 Å². The Bertz CT molecular complexity index is 554. The Labute approximate surface area is 116 Å². The van der Waals surface area contributed by atoms with Crippen LogP contribution in [0.2, 0.25) is 0 Å². The molecule has 1 heterocycles. The zero-order valence-corrected chi connectivity index (χ0v) is 10.9. The lowest BCUT2D eigenvalue weighted by molar-refractivity contribution is -0.137. The monoisotopic (exact) mass is 276 g/mol. The fourth-order valence-electron chi connectivity index (χ4n) is 2.07. The maximum Gasteiger partial charge on any atom is 0.303 e. The van der Waals surface area contributed by atoms with Crippen LogP contribution in [0, 0.1) is 0 Å². The average Bonchev–Trinajstić information content (AvgIpc) is 2.42. The number of anilines is 1. The van der Waals surface area contributed by atoms with E-state index in [-0.39, 0.29) is 18.2 Å². The number of aryl methyl sites for hydroxylation is 1. The summed E-state index contributed by atoms with van der Waals surface area (Å²) in [6.45, 7) is 0.332. The van der Waals surface area contributed by atoms with E-state index in [4.69, 9.17) is 5.11 Å². The van der Waals surface area contributed by atoms with Crippen LogP contribution in [0.5, 0.6) is 0 Å². The molecule has 1 aromatic carbocycles. The van der Waals surface area contributed by atoms with Gasteiger partial charge in [0.05, 0.1) is 0 Å². The van der Waals surface area contributed by atoms with E-state index in [1.807, 2.05) is 0 Å². The zero-order valence-electron chi connectivity index (χ0n) is 10.9. The van der Waals surface area contributed by atoms with Crippen molar-refractivity contribution in [1.82, 2.24) is 5.32 Å². The number of carboxylic acid groups (broad SMARTS) is 1. The van der Waals surface area contributed by atoms with Crippen LogP contribution in [0.4, 0.5) is 5.69 Å². The molecule has 0 atom stereocenters. The normalized spacial score (nSPS) is 13.3. The minimum Gasteiger partial charge on any atom is -0.481 e. The van der Waals surface area contributed by atoms with Gasteiger partial charge in [-0.2, -0.15) is 0 Å². The average molecular weight is 276 g/mol. The van der Waals surface area contributed by atoms with E-state index in [1.54, 1.807) is 18.2 Å². The zero-order chi connectivity index (χ0) is 14.5. The van der Waals surface area contributed by atoms with E-state index in [9.17, 15) is 14.4 Å². The fourth-order valence-corrected chi connectivity index (χ4v) is 2.07. The quantitative estimate of drug-likeness (QED) is 0.703. The number of hydrogen-bond acceptors (Lipinski definition) is 3. The van der Waals surface area contributed by atoms with Gasteiger partial charge in [0.1, 0.15) is 0 Å². The minimum atomic E-state index is -0.872. The molecule has 0 bridgehead atoms. The van der Waals surface area contributed by atoms with Gasteiger partial charge in [-0.3, -0.25) is 14.4 Å². The topological polar surface area (TPSA) is 95.5 Å². The van der Waals surface area contributed by atoms with E-state index in [2.05, 4.69) is 10.6 Å². The van der Waals surface area contributed by atoms with E-state index in [0.717, 1.165) is 11.3 Å². The minimum absolute atomic E-state index is 0.0108. The van der Waals surface area contributed by atoms with E-state index >= 15 is 0 Å². The number of carboxylic acids is 1. The summed E-state index contributed by atoms with van der Waals surface area (Å²) in [5, 5.41) is 13.9. The second-order valence-corrected chi connectivity index (χ2v) is 4.67. The summed E-state index contributed by atoms with van der Waals surface area (Å²) in [6.07, 6.45) is 1.50. The highest BCUT2D eigenvalue weighted by Gasteiger charge is 2.16. The molecule has 0 saturated carbocycles. The second kappa shape index (κ2) is 6.18. The van der Waals surface area contributed by atoms with Crippen molar-refractivity contribution in [2.45, 2.75) is 25.7 Å². The van der Waals surface area contributed by atoms with Crippen molar-refractivity contribution in [2.75, 3.05) is 11.9 Å². The Balaban J connectivity index is 1.94. The lowest BCUT2D eigenvalue weighted by atomic mass is 10.00. The van der Waals surface area contributed by atoms with Crippen LogP contribution in [-0.4, -0.2) is 29.4 Å². The smallest absolute Gasteiger partial charge is 0.303 e. The van der Waals surface area contributed by atoms with Crippen LogP contribution in [0.1, 0.15) is 35.2 Å². The molecular weight excluding hydrogens is 260 g/mol. The number of nitrogens with one attached hydrogen (secondary N) is 2. The third-order valence-corrected chi connectivity index (χ3v) is 3.12. The van der Waals surface area contributed by atoms with Crippen LogP contribution in [0.3, 0.4) is 0 Å². The summed E-state index contributed by atoms with van der Waals surface area (Å²) < 4.78 is 0. The Morgan fingerprint density at radius 3 is 2.85 bits per heavy atom. The number of carbonyl (C=O) groups excluding carboxylic acids is 2. The molecule has 3 N–H and O–H groups in total. The molecular formula is C14H16N2O4. The van der Waals surface area contributed by atoms with E-state index < -0.39 is 5.97 Å². The third kappa shape index (κ3) is 3.57. The molecule has 1 aliphatic heterocycles. The molecule has 0 unspecified atom stereocenters. The highest BCUT2D eigenvalue weighted by molar-refractivity contribution is 5.97. The molecule has 0 radical (unpaired) electrons. The van der Waals surface area contributed by atoms with Crippen molar-refractivity contribution in [1.29, 1.82) is 0 Å². The fraction of sp³-hybridized carbons (Fsp3) is 0.357. The molecule has 1 aliphatic rings. The number of fused-ring (bicyclic) bond motifs is 1. The molecule has 6 heteroatoms. The van der Waals surface area contributed by atoms with Gasteiger partial charge in [-0.25, -0.2) is 0 Å². The van der Waals surface area contributed by atoms with Crippen molar-refractivity contribution in [2.24, 2.45) is 0 Å². The Morgan fingerprint density at radius 1 is 1.30 bits per heavy atom. The summed E-state index contributed by atoms with van der Waals surface area (Å²) >= 11 is 0.